The Balaban J connectivity index is 2.14. The van der Waals surface area contributed by atoms with Crippen LogP contribution < -0.4 is 5.73 Å². The fraction of sp³-hybridized carbons (Fsp3) is 0.583. The van der Waals surface area contributed by atoms with Crippen LogP contribution in [0.3, 0.4) is 0 Å². The van der Waals surface area contributed by atoms with Gasteiger partial charge in [0.25, 0.3) is 0 Å². The zero-order chi connectivity index (χ0) is 12.4. The quantitative estimate of drug-likeness (QED) is 0.826. The Morgan fingerprint density at radius 2 is 2.35 bits per heavy atom. The summed E-state index contributed by atoms with van der Waals surface area (Å²) in [6.07, 6.45) is 3.85. The Labute approximate surface area is 101 Å². The zero-order valence-corrected chi connectivity index (χ0v) is 10.3. The maximum atomic E-state index is 11.5. The van der Waals surface area contributed by atoms with Crippen molar-refractivity contribution in [2.45, 2.75) is 5.92 Å². The summed E-state index contributed by atoms with van der Waals surface area (Å²) in [7, 11) is 3.41. The van der Waals surface area contributed by atoms with Crippen LogP contribution in [-0.4, -0.2) is 42.3 Å². The second-order valence-corrected chi connectivity index (χ2v) is 4.59. The van der Waals surface area contributed by atoms with E-state index in [9.17, 15) is 4.79 Å². The molecule has 1 fully saturated rings. The molecule has 1 aromatic rings. The molecule has 1 aliphatic rings. The average molecular weight is 237 g/mol. The lowest BCUT2D eigenvalue weighted by Gasteiger charge is -2.14. The number of nitrogens with two attached hydrogens (primary N) is 1. The third-order valence-electron chi connectivity index (χ3n) is 3.46. The zero-order valence-electron chi connectivity index (χ0n) is 10.3. The molecule has 5 heteroatoms. The predicted octanol–water partition coefficient (Wildman–Crippen LogP) is 0.766. The molecule has 1 amide bonds. The number of amides is 1. The molecule has 0 aromatic carbocycles. The lowest BCUT2D eigenvalue weighted by Crippen LogP contribution is -2.29. The lowest BCUT2D eigenvalue weighted by atomic mass is 9.91. The number of aromatic nitrogens is 1. The fourth-order valence-electron chi connectivity index (χ4n) is 2.51. The smallest absolute Gasteiger partial charge is 0.409 e. The van der Waals surface area contributed by atoms with Crippen molar-refractivity contribution in [1.29, 1.82) is 0 Å². The molecule has 2 atom stereocenters. The summed E-state index contributed by atoms with van der Waals surface area (Å²) in [5.41, 5.74) is 7.03. The highest BCUT2D eigenvalue weighted by atomic mass is 16.5. The van der Waals surface area contributed by atoms with Gasteiger partial charge in [-0.25, -0.2) is 4.79 Å². The van der Waals surface area contributed by atoms with E-state index in [2.05, 4.69) is 12.3 Å². The van der Waals surface area contributed by atoms with E-state index >= 15 is 0 Å². The van der Waals surface area contributed by atoms with Gasteiger partial charge in [-0.15, -0.1) is 0 Å². The first-order chi connectivity index (χ1) is 8.15. The number of aryl methyl sites for hydroxylation is 1. The third-order valence-corrected chi connectivity index (χ3v) is 3.46. The number of carbonyl (C=O) groups is 1. The number of ether oxygens (including phenoxy) is 1. The molecule has 5 nitrogen and oxygen atoms in total. The van der Waals surface area contributed by atoms with Crippen LogP contribution in [0.25, 0.3) is 0 Å². The molecule has 0 aliphatic carbocycles. The molecule has 2 rings (SSSR count). The van der Waals surface area contributed by atoms with Gasteiger partial charge in [0.05, 0.1) is 7.11 Å². The van der Waals surface area contributed by atoms with Crippen LogP contribution in [0.15, 0.2) is 18.5 Å². The maximum absolute atomic E-state index is 11.5. The highest BCUT2D eigenvalue weighted by molar-refractivity contribution is 5.68. The Bertz CT molecular complexity index is 402. The highest BCUT2D eigenvalue weighted by Crippen LogP contribution is 2.32. The van der Waals surface area contributed by atoms with Crippen molar-refractivity contribution < 1.29 is 9.53 Å². The summed E-state index contributed by atoms with van der Waals surface area (Å²) in [5.74, 6) is 0.636. The van der Waals surface area contributed by atoms with Crippen molar-refractivity contribution in [2.24, 2.45) is 18.7 Å². The van der Waals surface area contributed by atoms with Crippen LogP contribution >= 0.6 is 0 Å². The van der Waals surface area contributed by atoms with Crippen LogP contribution in [0, 0.1) is 5.92 Å². The molecule has 0 bridgehead atoms. The van der Waals surface area contributed by atoms with Gasteiger partial charge in [0.2, 0.25) is 0 Å². The SMILES string of the molecule is COC(=O)N1CC(CN)C(c2ccn(C)c2)C1. The van der Waals surface area contributed by atoms with Crippen LogP contribution in [0.1, 0.15) is 11.5 Å². The number of hydrogen-bond acceptors (Lipinski definition) is 3. The van der Waals surface area contributed by atoms with Crippen molar-refractivity contribution in [3.8, 4) is 0 Å². The van der Waals surface area contributed by atoms with Crippen LogP contribution in [-0.2, 0) is 11.8 Å². The first-order valence-electron chi connectivity index (χ1n) is 5.80. The van der Waals surface area contributed by atoms with Gasteiger partial charge in [-0.05, 0) is 24.1 Å². The van der Waals surface area contributed by atoms with Gasteiger partial charge in [0.1, 0.15) is 0 Å². The van der Waals surface area contributed by atoms with E-state index in [1.807, 2.05) is 17.8 Å². The number of rotatable bonds is 2. The molecule has 0 saturated carbocycles. The second kappa shape index (κ2) is 4.79. The van der Waals surface area contributed by atoms with Crippen molar-refractivity contribution in [3.63, 3.8) is 0 Å². The van der Waals surface area contributed by atoms with E-state index in [1.54, 1.807) is 4.90 Å². The van der Waals surface area contributed by atoms with Crippen molar-refractivity contribution >= 4 is 6.09 Å². The summed E-state index contributed by atoms with van der Waals surface area (Å²) in [6.45, 7) is 1.97. The van der Waals surface area contributed by atoms with E-state index in [0.717, 1.165) is 0 Å². The van der Waals surface area contributed by atoms with E-state index in [4.69, 9.17) is 10.5 Å². The number of nitrogens with zero attached hydrogens (tertiary/aromatic N) is 2. The monoisotopic (exact) mass is 237 g/mol. The molecular formula is C12H19N3O2. The fourth-order valence-corrected chi connectivity index (χ4v) is 2.51. The van der Waals surface area contributed by atoms with Gasteiger partial charge >= 0.3 is 6.09 Å². The van der Waals surface area contributed by atoms with E-state index in [1.165, 1.54) is 12.7 Å². The minimum Gasteiger partial charge on any atom is -0.453 e. The minimum atomic E-state index is -0.262. The predicted molar refractivity (Wildman–Crippen MR) is 64.7 cm³/mol. The minimum absolute atomic E-state index is 0.262. The van der Waals surface area contributed by atoms with E-state index in [-0.39, 0.29) is 6.09 Å². The number of hydrogen-bond donors (Lipinski definition) is 1. The molecule has 2 N–H and O–H groups in total. The van der Waals surface area contributed by atoms with Crippen molar-refractivity contribution in [1.82, 2.24) is 9.47 Å². The Hall–Kier alpha value is -1.49. The van der Waals surface area contributed by atoms with Crippen LogP contribution in [0.2, 0.25) is 0 Å². The number of methoxy groups -OCH3 is 1. The molecule has 2 unspecified atom stereocenters. The Kier molecular flexibility index (Phi) is 3.38. The molecule has 0 spiro atoms. The molecule has 1 aliphatic heterocycles. The van der Waals surface area contributed by atoms with Gasteiger partial charge < -0.3 is 19.9 Å². The molecular weight excluding hydrogens is 218 g/mol. The van der Waals surface area contributed by atoms with Crippen LogP contribution in [0.4, 0.5) is 4.79 Å². The Morgan fingerprint density at radius 1 is 1.59 bits per heavy atom. The maximum Gasteiger partial charge on any atom is 0.409 e. The number of likely N-dealkylation sites (tertiary alicyclic amines) is 1. The average Bonchev–Trinajstić information content (AvgIpc) is 2.93. The van der Waals surface area contributed by atoms with Gasteiger partial charge in [-0.3, -0.25) is 0 Å². The van der Waals surface area contributed by atoms with Crippen molar-refractivity contribution in [2.75, 3.05) is 26.7 Å². The largest absolute Gasteiger partial charge is 0.453 e. The topological polar surface area (TPSA) is 60.5 Å². The van der Waals surface area contributed by atoms with Crippen LogP contribution in [0.5, 0.6) is 0 Å². The third kappa shape index (κ3) is 2.29. The summed E-state index contributed by atoms with van der Waals surface area (Å²) < 4.78 is 6.77. The van der Waals surface area contributed by atoms with E-state index < -0.39 is 0 Å². The van der Waals surface area contributed by atoms with Gasteiger partial charge in [0, 0.05) is 38.4 Å². The molecule has 1 saturated heterocycles. The summed E-state index contributed by atoms with van der Waals surface area (Å²) >= 11 is 0. The standard InChI is InChI=1S/C12H19N3O2/c1-14-4-3-9(6-14)11-8-15(12(16)17-2)7-10(11)5-13/h3-4,6,10-11H,5,7-8,13H2,1-2H3. The molecule has 0 radical (unpaired) electrons. The first kappa shape index (κ1) is 12.0. The number of carbonyl (C=O) groups excluding carboxylic acids is 1. The van der Waals surface area contributed by atoms with E-state index in [0.29, 0.717) is 31.5 Å². The van der Waals surface area contributed by atoms with Gasteiger partial charge in [-0.1, -0.05) is 0 Å². The van der Waals surface area contributed by atoms with Crippen molar-refractivity contribution in [3.05, 3.63) is 24.0 Å². The molecule has 94 valence electrons. The Morgan fingerprint density at radius 3 is 2.88 bits per heavy atom. The second-order valence-electron chi connectivity index (χ2n) is 4.59. The lowest BCUT2D eigenvalue weighted by molar-refractivity contribution is 0.131. The highest BCUT2D eigenvalue weighted by Gasteiger charge is 2.36. The molecule has 17 heavy (non-hydrogen) atoms. The summed E-state index contributed by atoms with van der Waals surface area (Å²) in [6, 6.07) is 2.09. The normalized spacial score (nSPS) is 24.1. The summed E-state index contributed by atoms with van der Waals surface area (Å²) in [4.78, 5) is 13.2. The van der Waals surface area contributed by atoms with Gasteiger partial charge in [0.15, 0.2) is 0 Å². The van der Waals surface area contributed by atoms with Gasteiger partial charge in [-0.2, -0.15) is 0 Å². The summed E-state index contributed by atoms with van der Waals surface area (Å²) in [5, 5.41) is 0. The first-order valence-corrected chi connectivity index (χ1v) is 5.80. The molecule has 1 aromatic heterocycles. The molecule has 2 heterocycles.